The van der Waals surface area contributed by atoms with Crippen LogP contribution in [-0.2, 0) is 0 Å². The SMILES string of the molecule is Cc1ccccc1-c1coc2c(c(O)cc3occ(-c4ccccc4C)c(=O)c32)c1=O. The molecule has 0 saturated heterocycles. The largest absolute Gasteiger partial charge is 0.507 e. The summed E-state index contributed by atoms with van der Waals surface area (Å²) in [6.45, 7) is 3.80. The fourth-order valence-electron chi connectivity index (χ4n) is 4.01. The van der Waals surface area contributed by atoms with Gasteiger partial charge in [0.15, 0.2) is 5.58 Å². The van der Waals surface area contributed by atoms with Crippen LogP contribution in [0.5, 0.6) is 5.75 Å². The van der Waals surface area contributed by atoms with E-state index in [1.54, 1.807) is 0 Å². The number of benzene rings is 3. The molecular formula is C26H18O5. The molecule has 5 heteroatoms. The molecule has 0 saturated carbocycles. The van der Waals surface area contributed by atoms with E-state index in [0.717, 1.165) is 16.7 Å². The van der Waals surface area contributed by atoms with Crippen molar-refractivity contribution in [3.05, 3.63) is 98.7 Å². The monoisotopic (exact) mass is 410 g/mol. The molecule has 0 spiro atoms. The van der Waals surface area contributed by atoms with Gasteiger partial charge in [0.25, 0.3) is 0 Å². The van der Waals surface area contributed by atoms with Crippen LogP contribution in [0.25, 0.3) is 44.2 Å². The first-order chi connectivity index (χ1) is 15.0. The van der Waals surface area contributed by atoms with Gasteiger partial charge in [0, 0.05) is 6.07 Å². The highest BCUT2D eigenvalue weighted by molar-refractivity contribution is 6.06. The third-order valence-corrected chi connectivity index (χ3v) is 5.64. The van der Waals surface area contributed by atoms with Crippen molar-refractivity contribution in [2.24, 2.45) is 0 Å². The molecule has 0 aliphatic heterocycles. The second kappa shape index (κ2) is 6.99. The molecule has 5 rings (SSSR count). The highest BCUT2D eigenvalue weighted by atomic mass is 16.3. The number of hydrogen-bond acceptors (Lipinski definition) is 5. The van der Waals surface area contributed by atoms with Crippen LogP contribution in [0, 0.1) is 13.8 Å². The minimum atomic E-state index is -0.407. The topological polar surface area (TPSA) is 80.7 Å². The maximum absolute atomic E-state index is 13.4. The zero-order valence-electron chi connectivity index (χ0n) is 16.9. The summed E-state index contributed by atoms with van der Waals surface area (Å²) < 4.78 is 11.5. The van der Waals surface area contributed by atoms with Gasteiger partial charge in [-0.1, -0.05) is 48.5 Å². The summed E-state index contributed by atoms with van der Waals surface area (Å²) in [6.07, 6.45) is 2.71. The van der Waals surface area contributed by atoms with Crippen molar-refractivity contribution in [2.75, 3.05) is 0 Å². The molecule has 1 N–H and O–H groups in total. The van der Waals surface area contributed by atoms with Gasteiger partial charge in [0.1, 0.15) is 34.6 Å². The average Bonchev–Trinajstić information content (AvgIpc) is 2.75. The number of hydrogen-bond donors (Lipinski definition) is 1. The second-order valence-corrected chi connectivity index (χ2v) is 7.56. The van der Waals surface area contributed by atoms with Crippen molar-refractivity contribution in [3.8, 4) is 28.0 Å². The molecule has 2 aromatic heterocycles. The highest BCUT2D eigenvalue weighted by Gasteiger charge is 2.21. The molecular weight excluding hydrogens is 392 g/mol. The number of phenols is 1. The second-order valence-electron chi connectivity index (χ2n) is 7.56. The van der Waals surface area contributed by atoms with E-state index in [0.29, 0.717) is 16.7 Å². The third-order valence-electron chi connectivity index (χ3n) is 5.64. The van der Waals surface area contributed by atoms with Crippen molar-refractivity contribution in [1.29, 1.82) is 0 Å². The van der Waals surface area contributed by atoms with E-state index in [1.807, 2.05) is 62.4 Å². The molecule has 0 radical (unpaired) electrons. The van der Waals surface area contributed by atoms with Crippen LogP contribution in [0.4, 0.5) is 0 Å². The summed E-state index contributed by atoms with van der Waals surface area (Å²) >= 11 is 0. The van der Waals surface area contributed by atoms with Gasteiger partial charge in [-0.15, -0.1) is 0 Å². The summed E-state index contributed by atoms with van der Waals surface area (Å²) in [5, 5.41) is 10.7. The molecule has 0 amide bonds. The maximum Gasteiger partial charge on any atom is 0.204 e. The Kier molecular flexibility index (Phi) is 4.26. The summed E-state index contributed by atoms with van der Waals surface area (Å²) in [5.41, 5.74) is 3.37. The fourth-order valence-corrected chi connectivity index (χ4v) is 4.01. The van der Waals surface area contributed by atoms with E-state index in [1.165, 1.54) is 18.6 Å². The summed E-state index contributed by atoms with van der Waals surface area (Å²) in [5.74, 6) is -0.293. The first-order valence-electron chi connectivity index (χ1n) is 9.82. The highest BCUT2D eigenvalue weighted by Crippen LogP contribution is 2.33. The van der Waals surface area contributed by atoms with Gasteiger partial charge in [0.05, 0.1) is 11.1 Å². The van der Waals surface area contributed by atoms with Crippen LogP contribution in [0.3, 0.4) is 0 Å². The molecule has 0 aliphatic rings. The number of aryl methyl sites for hydroxylation is 2. The van der Waals surface area contributed by atoms with Crippen molar-refractivity contribution in [1.82, 2.24) is 0 Å². The summed E-state index contributed by atoms with van der Waals surface area (Å²) in [4.78, 5) is 26.7. The van der Waals surface area contributed by atoms with Crippen molar-refractivity contribution in [2.45, 2.75) is 13.8 Å². The van der Waals surface area contributed by atoms with Crippen LogP contribution in [0.2, 0.25) is 0 Å². The van der Waals surface area contributed by atoms with Crippen molar-refractivity contribution in [3.63, 3.8) is 0 Å². The molecule has 5 nitrogen and oxygen atoms in total. The van der Waals surface area contributed by atoms with E-state index >= 15 is 0 Å². The normalized spacial score (nSPS) is 11.3. The molecule has 31 heavy (non-hydrogen) atoms. The predicted octanol–water partition coefficient (Wildman–Crippen LogP) is 5.56. The van der Waals surface area contributed by atoms with Gasteiger partial charge in [0.2, 0.25) is 10.9 Å². The Hall–Kier alpha value is -4.12. The number of aromatic hydroxyl groups is 1. The lowest BCUT2D eigenvalue weighted by Gasteiger charge is -2.10. The zero-order chi connectivity index (χ0) is 21.7. The first kappa shape index (κ1) is 18.9. The van der Waals surface area contributed by atoms with Gasteiger partial charge >= 0.3 is 0 Å². The average molecular weight is 410 g/mol. The minimum Gasteiger partial charge on any atom is -0.507 e. The summed E-state index contributed by atoms with van der Waals surface area (Å²) in [6, 6.07) is 16.2. The lowest BCUT2D eigenvalue weighted by Crippen LogP contribution is -2.10. The molecule has 3 aromatic carbocycles. The van der Waals surface area contributed by atoms with Gasteiger partial charge < -0.3 is 13.9 Å². The maximum atomic E-state index is 13.4. The van der Waals surface area contributed by atoms with E-state index in [9.17, 15) is 14.7 Å². The number of fused-ring (bicyclic) bond motifs is 3. The van der Waals surface area contributed by atoms with Gasteiger partial charge in [-0.05, 0) is 36.1 Å². The third kappa shape index (κ3) is 2.86. The van der Waals surface area contributed by atoms with Crippen LogP contribution in [0.15, 0.2) is 85.5 Å². The van der Waals surface area contributed by atoms with E-state index in [2.05, 4.69) is 0 Å². The van der Waals surface area contributed by atoms with Gasteiger partial charge in [-0.25, -0.2) is 0 Å². The molecule has 0 fully saturated rings. The predicted molar refractivity (Wildman–Crippen MR) is 121 cm³/mol. The van der Waals surface area contributed by atoms with Crippen molar-refractivity contribution < 1.29 is 13.9 Å². The van der Waals surface area contributed by atoms with E-state index in [-0.39, 0.29) is 33.1 Å². The Labute approximate surface area is 176 Å². The van der Waals surface area contributed by atoms with E-state index < -0.39 is 5.43 Å². The standard InChI is InChI=1S/C26H18O5/c1-14-7-3-5-9-16(14)18-12-30-21-11-20(27)22-24(28)19(17-10-6-4-8-15(17)2)13-31-26(22)23(21)25(18)29/h3-13,27H,1-2H3. The minimum absolute atomic E-state index is 0.0153. The lowest BCUT2D eigenvalue weighted by molar-refractivity contribution is 0.478. The molecule has 0 atom stereocenters. The molecule has 2 heterocycles. The smallest absolute Gasteiger partial charge is 0.204 e. The Morgan fingerprint density at radius 2 is 1.19 bits per heavy atom. The van der Waals surface area contributed by atoms with Crippen LogP contribution < -0.4 is 10.9 Å². The Morgan fingerprint density at radius 1 is 0.677 bits per heavy atom. The van der Waals surface area contributed by atoms with Gasteiger partial charge in [-0.2, -0.15) is 0 Å². The van der Waals surface area contributed by atoms with E-state index in [4.69, 9.17) is 8.83 Å². The van der Waals surface area contributed by atoms with Crippen LogP contribution >= 0.6 is 0 Å². The quantitative estimate of drug-likeness (QED) is 0.386. The Bertz CT molecular complexity index is 1600. The van der Waals surface area contributed by atoms with Crippen molar-refractivity contribution >= 4 is 21.9 Å². The van der Waals surface area contributed by atoms with Crippen LogP contribution in [-0.4, -0.2) is 5.11 Å². The molecule has 5 aromatic rings. The molecule has 152 valence electrons. The lowest BCUT2D eigenvalue weighted by atomic mass is 9.98. The zero-order valence-corrected chi connectivity index (χ0v) is 16.9. The van der Waals surface area contributed by atoms with Gasteiger partial charge in [-0.3, -0.25) is 9.59 Å². The summed E-state index contributed by atoms with van der Waals surface area (Å²) in [7, 11) is 0. The molecule has 0 unspecified atom stereocenters. The first-order valence-corrected chi connectivity index (χ1v) is 9.82. The molecule has 0 aliphatic carbocycles. The van der Waals surface area contributed by atoms with Crippen LogP contribution in [0.1, 0.15) is 11.1 Å². The Balaban J connectivity index is 1.88. The number of phenolic OH excluding ortho intramolecular Hbond substituents is 1. The number of rotatable bonds is 2. The molecule has 0 bridgehead atoms. The fraction of sp³-hybridized carbons (Fsp3) is 0.0769. The Morgan fingerprint density at radius 3 is 1.77 bits per heavy atom.